The molecule has 3 amide bonds. The lowest BCUT2D eigenvalue weighted by molar-refractivity contribution is -0.118. The van der Waals surface area contributed by atoms with Gasteiger partial charge in [-0.25, -0.2) is 9.80 Å². The first-order chi connectivity index (χ1) is 6.75. The maximum absolute atomic E-state index is 11.0. The highest BCUT2D eigenvalue weighted by atomic mass is 32.1. The number of hydrogen-bond acceptors (Lipinski definition) is 4. The molecule has 0 radical (unpaired) electrons. The predicted molar refractivity (Wildman–Crippen MR) is 52.2 cm³/mol. The number of hydrazone groups is 1. The van der Waals surface area contributed by atoms with Gasteiger partial charge in [-0.1, -0.05) is 6.07 Å². The average Bonchev–Trinajstić information content (AvgIpc) is 2.72. The van der Waals surface area contributed by atoms with Crippen LogP contribution in [0.1, 0.15) is 4.88 Å². The Hall–Kier alpha value is -1.69. The number of imide groups is 1. The number of amides is 3. The minimum Gasteiger partial charge on any atom is -0.275 e. The fourth-order valence-electron chi connectivity index (χ4n) is 1.02. The van der Waals surface area contributed by atoms with Gasteiger partial charge in [0.2, 0.25) is 5.91 Å². The van der Waals surface area contributed by atoms with Gasteiger partial charge in [0.15, 0.2) is 0 Å². The molecule has 0 atom stereocenters. The Morgan fingerprint density at radius 1 is 1.57 bits per heavy atom. The van der Waals surface area contributed by atoms with E-state index in [0.717, 1.165) is 9.89 Å². The van der Waals surface area contributed by atoms with Crippen LogP contribution in [0.2, 0.25) is 0 Å². The van der Waals surface area contributed by atoms with Gasteiger partial charge < -0.3 is 0 Å². The lowest BCUT2D eigenvalue weighted by atomic mass is 10.5. The molecule has 2 rings (SSSR count). The van der Waals surface area contributed by atoms with E-state index in [1.54, 1.807) is 6.21 Å². The summed E-state index contributed by atoms with van der Waals surface area (Å²) in [7, 11) is 0. The number of carbonyl (C=O) groups excluding carboxylic acids is 2. The van der Waals surface area contributed by atoms with E-state index in [9.17, 15) is 9.59 Å². The van der Waals surface area contributed by atoms with Gasteiger partial charge in [-0.15, -0.1) is 11.3 Å². The Kier molecular flexibility index (Phi) is 2.28. The van der Waals surface area contributed by atoms with Gasteiger partial charge in [0.25, 0.3) is 0 Å². The second-order valence-corrected chi connectivity index (χ2v) is 3.65. The number of rotatable bonds is 2. The molecule has 1 saturated heterocycles. The molecule has 6 heteroatoms. The molecule has 0 aromatic carbocycles. The molecule has 1 aromatic heterocycles. The summed E-state index contributed by atoms with van der Waals surface area (Å²) >= 11 is 1.52. The van der Waals surface area contributed by atoms with Gasteiger partial charge in [0.05, 0.1) is 6.21 Å². The number of thiophene rings is 1. The van der Waals surface area contributed by atoms with Crippen LogP contribution in [0, 0.1) is 0 Å². The number of urea groups is 1. The van der Waals surface area contributed by atoms with Crippen LogP contribution >= 0.6 is 11.3 Å². The molecule has 72 valence electrons. The molecule has 14 heavy (non-hydrogen) atoms. The molecule has 0 spiro atoms. The van der Waals surface area contributed by atoms with Crippen LogP contribution in [-0.4, -0.2) is 29.7 Å². The van der Waals surface area contributed by atoms with E-state index < -0.39 is 6.03 Å². The zero-order valence-electron chi connectivity index (χ0n) is 7.14. The van der Waals surface area contributed by atoms with Crippen LogP contribution < -0.4 is 5.32 Å². The molecule has 1 aromatic rings. The van der Waals surface area contributed by atoms with Gasteiger partial charge in [-0.3, -0.25) is 10.1 Å². The monoisotopic (exact) mass is 209 g/mol. The highest BCUT2D eigenvalue weighted by molar-refractivity contribution is 7.11. The SMILES string of the molecule is O=C1CN(/N=C\c2cccs2)C(=O)N1. The van der Waals surface area contributed by atoms with Gasteiger partial charge in [0.1, 0.15) is 6.54 Å². The summed E-state index contributed by atoms with van der Waals surface area (Å²) in [6.07, 6.45) is 1.56. The number of carbonyl (C=O) groups is 2. The lowest BCUT2D eigenvalue weighted by Gasteiger charge is -2.02. The predicted octanol–water partition coefficient (Wildman–Crippen LogP) is 0.634. The standard InChI is InChI=1S/C8H7N3O2S/c12-7-5-11(8(13)10-7)9-4-6-2-1-3-14-6/h1-4H,5H2,(H,10,12,13)/b9-4-. The maximum atomic E-state index is 11.0. The van der Waals surface area contributed by atoms with Crippen molar-refractivity contribution in [1.29, 1.82) is 0 Å². The van der Waals surface area contributed by atoms with Crippen LogP contribution in [0.25, 0.3) is 0 Å². The van der Waals surface area contributed by atoms with Crippen molar-refractivity contribution in [3.63, 3.8) is 0 Å². The minimum atomic E-state index is -0.470. The molecule has 0 saturated carbocycles. The Balaban J connectivity index is 2.04. The third kappa shape index (κ3) is 1.80. The molecule has 1 aliphatic heterocycles. The third-order valence-electron chi connectivity index (χ3n) is 1.64. The third-order valence-corrected chi connectivity index (χ3v) is 2.45. The lowest BCUT2D eigenvalue weighted by Crippen LogP contribution is -2.24. The second-order valence-electron chi connectivity index (χ2n) is 2.67. The normalized spacial score (nSPS) is 16.7. The van der Waals surface area contributed by atoms with E-state index in [4.69, 9.17) is 0 Å². The van der Waals surface area contributed by atoms with Crippen molar-refractivity contribution in [2.45, 2.75) is 0 Å². The maximum Gasteiger partial charge on any atom is 0.344 e. The fraction of sp³-hybridized carbons (Fsp3) is 0.125. The van der Waals surface area contributed by atoms with Crippen LogP contribution in [-0.2, 0) is 4.79 Å². The zero-order valence-corrected chi connectivity index (χ0v) is 7.95. The first-order valence-electron chi connectivity index (χ1n) is 3.94. The molecule has 1 fully saturated rings. The van der Waals surface area contributed by atoms with Gasteiger partial charge in [-0.05, 0) is 11.4 Å². The van der Waals surface area contributed by atoms with E-state index in [2.05, 4.69) is 10.4 Å². The van der Waals surface area contributed by atoms with Crippen molar-refractivity contribution in [1.82, 2.24) is 10.3 Å². The first kappa shape index (κ1) is 8.89. The largest absolute Gasteiger partial charge is 0.344 e. The summed E-state index contributed by atoms with van der Waals surface area (Å²) in [5.74, 6) is -0.321. The summed E-state index contributed by atoms with van der Waals surface area (Å²) in [6, 6.07) is 3.30. The summed E-state index contributed by atoms with van der Waals surface area (Å²) in [5.41, 5.74) is 0. The summed E-state index contributed by atoms with van der Waals surface area (Å²) in [6.45, 7) is 0.000703. The topological polar surface area (TPSA) is 61.8 Å². The van der Waals surface area contributed by atoms with Gasteiger partial charge >= 0.3 is 6.03 Å². The Bertz CT molecular complexity index is 385. The van der Waals surface area contributed by atoms with Crippen molar-refractivity contribution in [3.05, 3.63) is 22.4 Å². The Morgan fingerprint density at radius 3 is 3.00 bits per heavy atom. The highest BCUT2D eigenvalue weighted by Gasteiger charge is 2.25. The van der Waals surface area contributed by atoms with Crippen molar-refractivity contribution >= 4 is 29.5 Å². The number of nitrogens with zero attached hydrogens (tertiary/aromatic N) is 2. The zero-order chi connectivity index (χ0) is 9.97. The van der Waals surface area contributed by atoms with Gasteiger partial charge in [0, 0.05) is 4.88 Å². The fourth-order valence-corrected chi connectivity index (χ4v) is 1.60. The summed E-state index contributed by atoms with van der Waals surface area (Å²) in [5, 5.41) is 9.03. The molecule has 1 N–H and O–H groups in total. The summed E-state index contributed by atoms with van der Waals surface area (Å²) in [4.78, 5) is 22.7. The van der Waals surface area contributed by atoms with E-state index in [0.29, 0.717) is 0 Å². The van der Waals surface area contributed by atoms with Crippen molar-refractivity contribution < 1.29 is 9.59 Å². The smallest absolute Gasteiger partial charge is 0.275 e. The Labute approximate surface area is 84.0 Å². The molecule has 1 aliphatic rings. The van der Waals surface area contributed by atoms with E-state index in [-0.39, 0.29) is 12.5 Å². The van der Waals surface area contributed by atoms with Gasteiger partial charge in [-0.2, -0.15) is 5.10 Å². The molecular weight excluding hydrogens is 202 g/mol. The molecular formula is C8H7N3O2S. The number of nitrogens with one attached hydrogen (secondary N) is 1. The molecule has 0 aliphatic carbocycles. The van der Waals surface area contributed by atoms with Crippen molar-refractivity contribution in [3.8, 4) is 0 Å². The molecule has 0 bridgehead atoms. The summed E-state index contributed by atoms with van der Waals surface area (Å²) < 4.78 is 0. The van der Waals surface area contributed by atoms with Crippen molar-refractivity contribution in [2.75, 3.05) is 6.54 Å². The van der Waals surface area contributed by atoms with E-state index in [1.165, 1.54) is 11.3 Å². The molecule has 5 nitrogen and oxygen atoms in total. The van der Waals surface area contributed by atoms with E-state index >= 15 is 0 Å². The van der Waals surface area contributed by atoms with Crippen molar-refractivity contribution in [2.24, 2.45) is 5.10 Å². The van der Waals surface area contributed by atoms with E-state index in [1.807, 2.05) is 17.5 Å². The first-order valence-corrected chi connectivity index (χ1v) is 4.82. The van der Waals surface area contributed by atoms with Crippen LogP contribution in [0.3, 0.4) is 0 Å². The van der Waals surface area contributed by atoms with Crippen LogP contribution in [0.4, 0.5) is 4.79 Å². The number of hydrogen-bond donors (Lipinski definition) is 1. The van der Waals surface area contributed by atoms with Crippen LogP contribution in [0.15, 0.2) is 22.6 Å². The second kappa shape index (κ2) is 3.59. The Morgan fingerprint density at radius 2 is 2.43 bits per heavy atom. The highest BCUT2D eigenvalue weighted by Crippen LogP contribution is 2.06. The van der Waals surface area contributed by atoms with Crippen LogP contribution in [0.5, 0.6) is 0 Å². The quantitative estimate of drug-likeness (QED) is 0.573. The minimum absolute atomic E-state index is 0.000703. The molecule has 0 unspecified atom stereocenters. The molecule has 2 heterocycles. The average molecular weight is 209 g/mol.